The number of fused-ring (bicyclic) bond motifs is 3. The van der Waals surface area contributed by atoms with Crippen LogP contribution in [0.25, 0.3) is 10.9 Å². The first kappa shape index (κ1) is 20.1. The van der Waals surface area contributed by atoms with Gasteiger partial charge in [-0.15, -0.1) is 0 Å². The third kappa shape index (κ3) is 4.14. The zero-order valence-corrected chi connectivity index (χ0v) is 18.7. The molecule has 33 heavy (non-hydrogen) atoms. The molecule has 8 heteroatoms. The lowest BCUT2D eigenvalue weighted by Gasteiger charge is -2.39. The Bertz CT molecular complexity index is 1240. The molecule has 168 valence electrons. The van der Waals surface area contributed by atoms with Gasteiger partial charge in [-0.3, -0.25) is 20.0 Å². The van der Waals surface area contributed by atoms with E-state index in [2.05, 4.69) is 47.8 Å². The summed E-state index contributed by atoms with van der Waals surface area (Å²) in [4.78, 5) is 16.5. The summed E-state index contributed by atoms with van der Waals surface area (Å²) in [5, 5.41) is 15.4. The lowest BCUT2D eigenvalue weighted by atomic mass is 9.96. The molecule has 3 atom stereocenters. The zero-order valence-electron chi connectivity index (χ0n) is 18.7. The molecule has 1 unspecified atom stereocenters. The number of nitrogens with one attached hydrogen (secondary N) is 3. The normalized spacial score (nSPS) is 22.5. The first-order valence-corrected chi connectivity index (χ1v) is 11.7. The maximum Gasteiger partial charge on any atom is 0.153 e. The minimum Gasteiger partial charge on any atom is -0.367 e. The van der Waals surface area contributed by atoms with Crippen molar-refractivity contribution < 1.29 is 0 Å². The van der Waals surface area contributed by atoms with Crippen LogP contribution in [0.1, 0.15) is 36.9 Å². The molecule has 2 aliphatic rings. The minimum atomic E-state index is 0.395. The van der Waals surface area contributed by atoms with Crippen LogP contribution < -0.4 is 10.6 Å². The Hall–Kier alpha value is -3.52. The minimum absolute atomic E-state index is 0.395. The van der Waals surface area contributed by atoms with Crippen molar-refractivity contribution in [2.45, 2.75) is 57.3 Å². The lowest BCUT2D eigenvalue weighted by Crippen LogP contribution is -2.46. The van der Waals surface area contributed by atoms with E-state index in [9.17, 15) is 0 Å². The monoisotopic (exact) mass is 440 g/mol. The Labute approximate surface area is 192 Å². The van der Waals surface area contributed by atoms with Crippen molar-refractivity contribution in [2.24, 2.45) is 0 Å². The average molecular weight is 441 g/mol. The molecule has 4 aromatic heterocycles. The molecular formula is C25H28N8. The van der Waals surface area contributed by atoms with Crippen molar-refractivity contribution in [3.8, 4) is 0 Å². The Kier molecular flexibility index (Phi) is 5.14. The van der Waals surface area contributed by atoms with Gasteiger partial charge in [-0.1, -0.05) is 6.07 Å². The highest BCUT2D eigenvalue weighted by molar-refractivity contribution is 5.91. The predicted octanol–water partition coefficient (Wildman–Crippen LogP) is 4.41. The van der Waals surface area contributed by atoms with Gasteiger partial charge in [-0.2, -0.15) is 5.10 Å². The number of anilines is 3. The van der Waals surface area contributed by atoms with Gasteiger partial charge in [0.05, 0.1) is 5.52 Å². The quantitative estimate of drug-likeness (QED) is 0.409. The van der Waals surface area contributed by atoms with E-state index in [-0.39, 0.29) is 0 Å². The van der Waals surface area contributed by atoms with Crippen LogP contribution >= 0.6 is 0 Å². The number of nitrogens with zero attached hydrogens (tertiary/aromatic N) is 5. The Morgan fingerprint density at radius 2 is 1.91 bits per heavy atom. The van der Waals surface area contributed by atoms with Crippen molar-refractivity contribution in [1.29, 1.82) is 0 Å². The van der Waals surface area contributed by atoms with Crippen molar-refractivity contribution in [3.63, 3.8) is 0 Å². The van der Waals surface area contributed by atoms with Crippen LogP contribution in [0.5, 0.6) is 0 Å². The van der Waals surface area contributed by atoms with Crippen molar-refractivity contribution in [1.82, 2.24) is 30.0 Å². The second-order valence-electron chi connectivity index (χ2n) is 9.22. The molecule has 6 heterocycles. The molecular weight excluding hydrogens is 412 g/mol. The molecule has 2 aliphatic heterocycles. The van der Waals surface area contributed by atoms with Crippen molar-refractivity contribution >= 4 is 28.4 Å². The van der Waals surface area contributed by atoms with E-state index in [1.807, 2.05) is 49.8 Å². The van der Waals surface area contributed by atoms with E-state index < -0.39 is 0 Å². The molecule has 2 fully saturated rings. The number of hydrogen-bond donors (Lipinski definition) is 3. The highest BCUT2D eigenvalue weighted by Gasteiger charge is 2.40. The maximum atomic E-state index is 4.92. The summed E-state index contributed by atoms with van der Waals surface area (Å²) in [6, 6.07) is 13.8. The van der Waals surface area contributed by atoms with Gasteiger partial charge in [0.2, 0.25) is 0 Å². The number of rotatable bonds is 6. The van der Waals surface area contributed by atoms with E-state index in [0.717, 1.165) is 53.4 Å². The van der Waals surface area contributed by atoms with Crippen LogP contribution in [0.2, 0.25) is 0 Å². The van der Waals surface area contributed by atoms with Gasteiger partial charge in [0.15, 0.2) is 5.82 Å². The van der Waals surface area contributed by atoms with E-state index in [1.54, 1.807) is 0 Å². The largest absolute Gasteiger partial charge is 0.367 e. The molecule has 2 bridgehead atoms. The van der Waals surface area contributed by atoms with Crippen LogP contribution in [-0.2, 0) is 6.54 Å². The van der Waals surface area contributed by atoms with Crippen LogP contribution in [0.3, 0.4) is 0 Å². The summed E-state index contributed by atoms with van der Waals surface area (Å²) in [5.41, 5.74) is 3.22. The molecule has 0 spiro atoms. The predicted molar refractivity (Wildman–Crippen MR) is 129 cm³/mol. The molecule has 2 saturated heterocycles. The number of aromatic nitrogens is 5. The fraction of sp³-hybridized carbons (Fsp3) is 0.360. The topological polar surface area (TPSA) is 94.7 Å². The van der Waals surface area contributed by atoms with E-state index in [0.29, 0.717) is 18.1 Å². The molecule has 8 nitrogen and oxygen atoms in total. The fourth-order valence-electron chi connectivity index (χ4n) is 5.41. The van der Waals surface area contributed by atoms with E-state index in [1.165, 1.54) is 18.4 Å². The Morgan fingerprint density at radius 1 is 1.06 bits per heavy atom. The van der Waals surface area contributed by atoms with Gasteiger partial charge >= 0.3 is 0 Å². The van der Waals surface area contributed by atoms with Crippen LogP contribution in [0, 0.1) is 6.92 Å². The molecule has 4 aromatic rings. The molecule has 0 amide bonds. The van der Waals surface area contributed by atoms with Gasteiger partial charge in [-0.05, 0) is 56.4 Å². The number of H-pyrrole nitrogens is 1. The zero-order chi connectivity index (χ0) is 22.2. The number of aryl methyl sites for hydroxylation is 1. The summed E-state index contributed by atoms with van der Waals surface area (Å²) < 4.78 is 0. The summed E-state index contributed by atoms with van der Waals surface area (Å²) in [6.07, 6.45) is 10.4. The molecule has 6 rings (SSSR count). The van der Waals surface area contributed by atoms with Crippen LogP contribution in [-0.4, -0.2) is 48.2 Å². The van der Waals surface area contributed by atoms with E-state index in [4.69, 9.17) is 4.98 Å². The smallest absolute Gasteiger partial charge is 0.153 e. The first-order valence-electron chi connectivity index (χ1n) is 11.7. The van der Waals surface area contributed by atoms with Gasteiger partial charge in [0, 0.05) is 66.5 Å². The fourth-order valence-corrected chi connectivity index (χ4v) is 5.41. The second kappa shape index (κ2) is 8.44. The molecule has 0 radical (unpaired) electrons. The number of aromatic amines is 1. The number of piperidine rings is 1. The molecule has 0 saturated carbocycles. The standard InChI is InChI=1S/C25H28N8/c1-16-10-24(32-31-16)29-23-13-22-21(5-3-9-27-22)25(30-23)28-18-11-19-6-7-20(12-18)33(19)15-17-4-2-8-26-14-17/h2-5,8-10,13-14,18-20H,6-7,11-12,15H2,1H3,(H3,28,29,30,31,32)/t18?,19-,20+. The Morgan fingerprint density at radius 3 is 2.67 bits per heavy atom. The Balaban J connectivity index is 1.22. The third-order valence-electron chi connectivity index (χ3n) is 6.87. The average Bonchev–Trinajstić information content (AvgIpc) is 3.33. The summed E-state index contributed by atoms with van der Waals surface area (Å²) in [5.74, 6) is 2.38. The second-order valence-corrected chi connectivity index (χ2v) is 9.22. The SMILES string of the molecule is Cc1cc(Nc2cc3ncccc3c(NC3C[C@H]4CC[C@@H](C3)N4Cc3cccnc3)n2)n[nH]1. The highest BCUT2D eigenvalue weighted by Crippen LogP contribution is 2.38. The van der Waals surface area contributed by atoms with E-state index >= 15 is 0 Å². The summed E-state index contributed by atoms with van der Waals surface area (Å²) in [7, 11) is 0. The van der Waals surface area contributed by atoms with Gasteiger partial charge in [0.25, 0.3) is 0 Å². The number of hydrogen-bond acceptors (Lipinski definition) is 7. The van der Waals surface area contributed by atoms with Crippen molar-refractivity contribution in [2.75, 3.05) is 10.6 Å². The summed E-state index contributed by atoms with van der Waals surface area (Å²) in [6.45, 7) is 2.97. The molecule has 0 aliphatic carbocycles. The van der Waals surface area contributed by atoms with Crippen molar-refractivity contribution in [3.05, 3.63) is 66.2 Å². The van der Waals surface area contributed by atoms with Gasteiger partial charge < -0.3 is 10.6 Å². The third-order valence-corrected chi connectivity index (χ3v) is 6.87. The molecule has 3 N–H and O–H groups in total. The summed E-state index contributed by atoms with van der Waals surface area (Å²) >= 11 is 0. The lowest BCUT2D eigenvalue weighted by molar-refractivity contribution is 0.124. The molecule has 0 aromatic carbocycles. The highest BCUT2D eigenvalue weighted by atomic mass is 15.2. The maximum absolute atomic E-state index is 4.92. The first-order chi connectivity index (χ1) is 16.2. The van der Waals surface area contributed by atoms with Gasteiger partial charge in [0.1, 0.15) is 11.6 Å². The van der Waals surface area contributed by atoms with Crippen LogP contribution in [0.15, 0.2) is 55.0 Å². The van der Waals surface area contributed by atoms with Crippen LogP contribution in [0.4, 0.5) is 17.5 Å². The van der Waals surface area contributed by atoms with Gasteiger partial charge in [-0.25, -0.2) is 4.98 Å². The number of pyridine rings is 3.